The molecule has 0 radical (unpaired) electrons. The lowest BCUT2D eigenvalue weighted by Crippen LogP contribution is -2.55. The van der Waals surface area contributed by atoms with Crippen LogP contribution in [0.5, 0.6) is 0 Å². The number of rotatable bonds is 4. The molecule has 0 aromatic carbocycles. The Morgan fingerprint density at radius 1 is 1.47 bits per heavy atom. The highest BCUT2D eigenvalue weighted by Gasteiger charge is 2.31. The summed E-state index contributed by atoms with van der Waals surface area (Å²) >= 11 is 1.90. The van der Waals surface area contributed by atoms with Gasteiger partial charge in [0.2, 0.25) is 5.91 Å². The first kappa shape index (κ1) is 14.4. The molecule has 0 aliphatic carbocycles. The van der Waals surface area contributed by atoms with Crippen molar-refractivity contribution in [3.8, 4) is 0 Å². The SMILES string of the molecule is CC(C)(N/C=C\C(=N)I)C(=O)N1CCOCC1. The zero-order chi connectivity index (χ0) is 12.9. The number of allylic oxidation sites excluding steroid dienone is 1. The van der Waals surface area contributed by atoms with Gasteiger partial charge in [0.05, 0.1) is 16.9 Å². The fraction of sp³-hybridized carbons (Fsp3) is 0.636. The van der Waals surface area contributed by atoms with Crippen molar-refractivity contribution >= 4 is 32.2 Å². The van der Waals surface area contributed by atoms with Crippen molar-refractivity contribution in [2.24, 2.45) is 0 Å². The number of carbonyl (C=O) groups is 1. The zero-order valence-corrected chi connectivity index (χ0v) is 12.3. The molecule has 6 heteroatoms. The first-order valence-corrected chi connectivity index (χ1v) is 6.57. The lowest BCUT2D eigenvalue weighted by atomic mass is 10.0. The Balaban J connectivity index is 2.55. The highest BCUT2D eigenvalue weighted by Crippen LogP contribution is 2.10. The van der Waals surface area contributed by atoms with Gasteiger partial charge >= 0.3 is 0 Å². The lowest BCUT2D eigenvalue weighted by Gasteiger charge is -2.34. The summed E-state index contributed by atoms with van der Waals surface area (Å²) in [6, 6.07) is 0. The van der Waals surface area contributed by atoms with Crippen molar-refractivity contribution in [1.82, 2.24) is 10.2 Å². The second kappa shape index (κ2) is 6.34. The van der Waals surface area contributed by atoms with E-state index in [4.69, 9.17) is 10.1 Å². The van der Waals surface area contributed by atoms with Gasteiger partial charge in [-0.15, -0.1) is 0 Å². The molecule has 0 spiro atoms. The summed E-state index contributed by atoms with van der Waals surface area (Å²) in [5.41, 5.74) is -0.653. The molecule has 17 heavy (non-hydrogen) atoms. The Bertz CT molecular complexity index is 323. The van der Waals surface area contributed by atoms with Gasteiger partial charge in [-0.1, -0.05) is 0 Å². The van der Waals surface area contributed by atoms with Gasteiger partial charge in [0.15, 0.2) is 0 Å². The van der Waals surface area contributed by atoms with Crippen LogP contribution in [0.4, 0.5) is 0 Å². The molecule has 1 saturated heterocycles. The Morgan fingerprint density at radius 2 is 2.06 bits per heavy atom. The van der Waals surface area contributed by atoms with Crippen molar-refractivity contribution < 1.29 is 9.53 Å². The molecule has 2 N–H and O–H groups in total. The number of carbonyl (C=O) groups excluding carboxylic acids is 1. The highest BCUT2D eigenvalue weighted by atomic mass is 127. The van der Waals surface area contributed by atoms with E-state index in [9.17, 15) is 4.79 Å². The maximum Gasteiger partial charge on any atom is 0.247 e. The first-order chi connectivity index (χ1) is 7.93. The minimum absolute atomic E-state index is 0.0606. The van der Waals surface area contributed by atoms with Crippen LogP contribution in [0.2, 0.25) is 0 Å². The largest absolute Gasteiger partial charge is 0.378 e. The van der Waals surface area contributed by atoms with Crippen LogP contribution in [0.15, 0.2) is 12.3 Å². The summed E-state index contributed by atoms with van der Waals surface area (Å²) in [4.78, 5) is 14.0. The standard InChI is InChI=1S/C11H18IN3O2/c1-11(2,14-4-3-9(12)13)10(16)15-5-7-17-8-6-15/h3-4,13-14H,5-8H2,1-2H3/b4-3-,13-9?. The predicted molar refractivity (Wildman–Crippen MR) is 75.5 cm³/mol. The second-order valence-corrected chi connectivity index (χ2v) is 5.52. The molecule has 1 heterocycles. The molecule has 0 unspecified atom stereocenters. The minimum Gasteiger partial charge on any atom is -0.378 e. The molecule has 1 aliphatic rings. The Hall–Kier alpha value is -0.630. The topological polar surface area (TPSA) is 65.4 Å². The molecule has 1 amide bonds. The number of nitrogens with zero attached hydrogens (tertiary/aromatic N) is 1. The third-order valence-electron chi connectivity index (χ3n) is 2.51. The number of nitrogens with one attached hydrogen (secondary N) is 2. The van der Waals surface area contributed by atoms with E-state index in [2.05, 4.69) is 5.32 Å². The number of ether oxygens (including phenoxy) is 1. The third kappa shape index (κ3) is 4.63. The van der Waals surface area contributed by atoms with Crippen LogP contribution in [0.25, 0.3) is 0 Å². The van der Waals surface area contributed by atoms with Gasteiger partial charge in [0.1, 0.15) is 5.54 Å². The van der Waals surface area contributed by atoms with Gasteiger partial charge in [0, 0.05) is 13.1 Å². The molecule has 96 valence electrons. The Morgan fingerprint density at radius 3 is 2.59 bits per heavy atom. The van der Waals surface area contributed by atoms with E-state index in [0.29, 0.717) is 30.0 Å². The van der Waals surface area contributed by atoms with Gasteiger partial charge in [-0.25, -0.2) is 0 Å². The molecular formula is C11H18IN3O2. The smallest absolute Gasteiger partial charge is 0.247 e. The lowest BCUT2D eigenvalue weighted by molar-refractivity contribution is -0.140. The summed E-state index contributed by atoms with van der Waals surface area (Å²) in [5, 5.41) is 10.3. The number of hydrogen-bond donors (Lipinski definition) is 2. The third-order valence-corrected chi connectivity index (χ3v) is 2.87. The average molecular weight is 351 g/mol. The quantitative estimate of drug-likeness (QED) is 0.590. The van der Waals surface area contributed by atoms with Gasteiger partial charge < -0.3 is 15.0 Å². The molecule has 0 bridgehead atoms. The highest BCUT2D eigenvalue weighted by molar-refractivity contribution is 14.1. The van der Waals surface area contributed by atoms with E-state index in [-0.39, 0.29) is 5.91 Å². The van der Waals surface area contributed by atoms with Crippen LogP contribution in [0.3, 0.4) is 0 Å². The molecule has 1 fully saturated rings. The van der Waals surface area contributed by atoms with Crippen LogP contribution >= 0.6 is 22.6 Å². The van der Waals surface area contributed by atoms with E-state index in [1.54, 1.807) is 17.2 Å². The predicted octanol–water partition coefficient (Wildman–Crippen LogP) is 1.14. The summed E-state index contributed by atoms with van der Waals surface area (Å²) in [5.74, 6) is 0.0606. The van der Waals surface area contributed by atoms with Gasteiger partial charge in [-0.2, -0.15) is 0 Å². The fourth-order valence-corrected chi connectivity index (χ4v) is 1.73. The van der Waals surface area contributed by atoms with Crippen LogP contribution in [0, 0.1) is 5.41 Å². The summed E-state index contributed by atoms with van der Waals surface area (Å²) in [6.07, 6.45) is 3.27. The van der Waals surface area contributed by atoms with E-state index in [0.717, 1.165) is 0 Å². The van der Waals surface area contributed by atoms with E-state index in [1.165, 1.54) is 0 Å². The number of amides is 1. The van der Waals surface area contributed by atoms with Crippen molar-refractivity contribution in [2.75, 3.05) is 26.3 Å². The molecule has 5 nitrogen and oxygen atoms in total. The zero-order valence-electron chi connectivity index (χ0n) is 10.1. The summed E-state index contributed by atoms with van der Waals surface area (Å²) < 4.78 is 5.64. The molecule has 1 rings (SSSR count). The Kier molecular flexibility index (Phi) is 5.38. The van der Waals surface area contributed by atoms with Crippen LogP contribution in [-0.2, 0) is 9.53 Å². The first-order valence-electron chi connectivity index (χ1n) is 5.49. The molecular weight excluding hydrogens is 333 g/mol. The normalized spacial score (nSPS) is 17.2. The van der Waals surface area contributed by atoms with Crippen LogP contribution in [0.1, 0.15) is 13.8 Å². The molecule has 1 aliphatic heterocycles. The Labute approximate surface area is 115 Å². The minimum atomic E-state index is -0.653. The number of hydrogen-bond acceptors (Lipinski definition) is 4. The number of morpholine rings is 1. The maximum absolute atomic E-state index is 12.2. The molecule has 0 saturated carbocycles. The molecule has 0 aromatic rings. The second-order valence-electron chi connectivity index (χ2n) is 4.36. The summed E-state index contributed by atoms with van der Waals surface area (Å²) in [7, 11) is 0. The average Bonchev–Trinajstić information content (AvgIpc) is 2.28. The van der Waals surface area contributed by atoms with Crippen LogP contribution in [-0.4, -0.2) is 46.4 Å². The van der Waals surface area contributed by atoms with Crippen molar-refractivity contribution in [1.29, 1.82) is 5.41 Å². The van der Waals surface area contributed by atoms with Crippen molar-refractivity contribution in [3.05, 3.63) is 12.3 Å². The van der Waals surface area contributed by atoms with Crippen molar-refractivity contribution in [3.63, 3.8) is 0 Å². The monoisotopic (exact) mass is 351 g/mol. The van der Waals surface area contributed by atoms with E-state index in [1.807, 2.05) is 36.4 Å². The molecule has 0 atom stereocenters. The van der Waals surface area contributed by atoms with Gasteiger partial charge in [-0.05, 0) is 48.7 Å². The maximum atomic E-state index is 12.2. The fourth-order valence-electron chi connectivity index (χ4n) is 1.55. The number of halogens is 1. The van der Waals surface area contributed by atoms with E-state index < -0.39 is 5.54 Å². The van der Waals surface area contributed by atoms with Crippen molar-refractivity contribution in [2.45, 2.75) is 19.4 Å². The molecule has 0 aromatic heterocycles. The van der Waals surface area contributed by atoms with E-state index >= 15 is 0 Å². The van der Waals surface area contributed by atoms with Gasteiger partial charge in [-0.3, -0.25) is 10.2 Å². The van der Waals surface area contributed by atoms with Gasteiger partial charge in [0.25, 0.3) is 0 Å². The van der Waals surface area contributed by atoms with Crippen LogP contribution < -0.4 is 5.32 Å². The summed E-state index contributed by atoms with van der Waals surface area (Å²) in [6.45, 7) is 6.19.